The Kier molecular flexibility index (Phi) is 16.3. The van der Waals surface area contributed by atoms with Crippen molar-refractivity contribution in [3.05, 3.63) is 114 Å². The first-order chi connectivity index (χ1) is 30.8. The zero-order valence-electron chi connectivity index (χ0n) is 35.6. The van der Waals surface area contributed by atoms with Crippen LogP contribution in [0.1, 0.15) is 91.6 Å². The Bertz CT molecular complexity index is 2080. The summed E-state index contributed by atoms with van der Waals surface area (Å²) >= 11 is 6.08. The number of nitrogens with zero attached hydrogens (tertiary/aromatic N) is 2. The number of ether oxygens (including phenoxy) is 5. The van der Waals surface area contributed by atoms with E-state index in [2.05, 4.69) is 12.7 Å². The van der Waals surface area contributed by atoms with Gasteiger partial charge in [-0.1, -0.05) is 54.4 Å². The third-order valence-corrected chi connectivity index (χ3v) is 12.6. The molecule has 1 amide bonds. The number of amides is 1. The molecule has 0 spiro atoms. The predicted molar refractivity (Wildman–Crippen MR) is 236 cm³/mol. The molecule has 0 radical (unpaired) electrons. The maximum atomic E-state index is 14.5. The third-order valence-electron chi connectivity index (χ3n) is 12.5. The fourth-order valence-electron chi connectivity index (χ4n) is 9.71. The Morgan fingerprint density at radius 1 is 1.02 bits per heavy atom. The van der Waals surface area contributed by atoms with E-state index in [9.17, 15) is 24.2 Å². The van der Waals surface area contributed by atoms with Crippen molar-refractivity contribution in [3.8, 4) is 17.2 Å². The molecule has 4 aliphatic rings. The lowest BCUT2D eigenvalue weighted by atomic mass is 9.55. The zero-order chi connectivity index (χ0) is 44.2. The quantitative estimate of drug-likeness (QED) is 0.0349. The molecule has 3 aromatic rings. The van der Waals surface area contributed by atoms with Crippen LogP contribution in [0.2, 0.25) is 0 Å². The van der Waals surface area contributed by atoms with Gasteiger partial charge in [0.25, 0.3) is 0 Å². The maximum Gasteiger partial charge on any atom is 0.410 e. The van der Waals surface area contributed by atoms with Gasteiger partial charge >= 0.3 is 6.09 Å². The van der Waals surface area contributed by atoms with Crippen LogP contribution in [0, 0.1) is 23.6 Å². The third kappa shape index (κ3) is 10.8. The molecule has 2 fully saturated rings. The number of carbonyl (C=O) groups excluding carboxylic acids is 2. The number of halogens is 2. The minimum atomic E-state index is -1.57. The van der Waals surface area contributed by atoms with Gasteiger partial charge in [-0.25, -0.2) is 9.18 Å². The van der Waals surface area contributed by atoms with Gasteiger partial charge in [0.1, 0.15) is 42.0 Å². The van der Waals surface area contributed by atoms with Gasteiger partial charge in [0.05, 0.1) is 30.7 Å². The SMILES string of the molecule is C=CCOC12Oc3ccc(Oc4cccc(C=O)c4)cc3C3C(CCCCO)C(CCCCO)C=C(C(=NOC4CCCCO4)CC1N(Cc1ccc(F)cc1)C(=O)OCCCl)C32. The molecule has 1 saturated heterocycles. The second kappa shape index (κ2) is 22.2. The predicted octanol–water partition coefficient (Wildman–Crippen LogP) is 9.47. The molecule has 2 aliphatic heterocycles. The topological polar surface area (TPSA) is 146 Å². The lowest BCUT2D eigenvalue weighted by Crippen LogP contribution is -2.70. The molecule has 14 heteroatoms. The molecular weight excluding hydrogens is 831 g/mol. The standard InChI is InChI=1S/C49H58ClFN2O10/c1-2-24-60-49-44(53(48(57)59-26-21-50)31-33-15-17-36(51)18-16-33)30-42(52-63-45-14-5-8-25-58-45)40-28-35(11-3-6-22-54)39(13-4-7-23-55)46(47(40)49)41-29-38(19-20-43(41)62-49)61-37-12-9-10-34(27-37)32-56/h2,9-10,12,15-20,27-29,32,35,39,44-47,54-55H,1,3-8,11,13-14,21-26,30-31H2. The molecule has 12 nitrogen and oxygen atoms in total. The number of hydrogen-bond acceptors (Lipinski definition) is 11. The molecule has 0 bridgehead atoms. The van der Waals surface area contributed by atoms with Crippen LogP contribution >= 0.6 is 11.6 Å². The second-order valence-electron chi connectivity index (χ2n) is 16.5. The smallest absolute Gasteiger partial charge is 0.410 e. The number of allylic oxidation sites excluding steroid dienone is 1. The fourth-order valence-corrected chi connectivity index (χ4v) is 9.79. The van der Waals surface area contributed by atoms with Crippen molar-refractivity contribution < 1.29 is 52.7 Å². The molecule has 338 valence electrons. The van der Waals surface area contributed by atoms with E-state index in [1.54, 1.807) is 53.4 Å². The average molecular weight is 889 g/mol. The van der Waals surface area contributed by atoms with E-state index < -0.39 is 35.9 Å². The minimum absolute atomic E-state index is 0.0000737. The summed E-state index contributed by atoms with van der Waals surface area (Å²) < 4.78 is 46.8. The van der Waals surface area contributed by atoms with Crippen LogP contribution in [0.25, 0.3) is 0 Å². The summed E-state index contributed by atoms with van der Waals surface area (Å²) in [4.78, 5) is 34.0. The summed E-state index contributed by atoms with van der Waals surface area (Å²) in [7, 11) is 0. The number of alkyl halides is 1. The Labute approximate surface area is 373 Å². The Morgan fingerprint density at radius 3 is 2.54 bits per heavy atom. The first-order valence-corrected chi connectivity index (χ1v) is 22.7. The largest absolute Gasteiger partial charge is 0.459 e. The first kappa shape index (κ1) is 46.2. The van der Waals surface area contributed by atoms with Crippen molar-refractivity contribution in [3.63, 3.8) is 0 Å². The summed E-state index contributed by atoms with van der Waals surface area (Å²) in [5.74, 6) is -1.32. The summed E-state index contributed by atoms with van der Waals surface area (Å²) in [6.07, 6.45) is 10.4. The number of rotatable bonds is 21. The molecule has 1 saturated carbocycles. The van der Waals surface area contributed by atoms with E-state index >= 15 is 0 Å². The summed E-state index contributed by atoms with van der Waals surface area (Å²) in [5, 5.41) is 24.8. The maximum absolute atomic E-state index is 14.5. The highest BCUT2D eigenvalue weighted by molar-refractivity contribution is 6.18. The van der Waals surface area contributed by atoms with E-state index in [0.717, 1.165) is 55.9 Å². The molecular formula is C49H58ClFN2O10. The normalized spacial score (nSPS) is 25.5. The monoisotopic (exact) mass is 888 g/mol. The van der Waals surface area contributed by atoms with Crippen LogP contribution < -0.4 is 9.47 Å². The van der Waals surface area contributed by atoms with Crippen LogP contribution in [0.5, 0.6) is 17.2 Å². The number of aldehydes is 1. The molecule has 7 rings (SSSR count). The summed E-state index contributed by atoms with van der Waals surface area (Å²) in [6.45, 7) is 4.69. The van der Waals surface area contributed by atoms with Crippen molar-refractivity contribution in [1.29, 1.82) is 0 Å². The molecule has 2 heterocycles. The van der Waals surface area contributed by atoms with Gasteiger partial charge in [0.2, 0.25) is 12.1 Å². The Hall–Kier alpha value is -4.79. The van der Waals surface area contributed by atoms with Crippen LogP contribution in [-0.2, 0) is 25.6 Å². The molecule has 3 aromatic carbocycles. The minimum Gasteiger partial charge on any atom is -0.459 e. The Morgan fingerprint density at radius 2 is 1.81 bits per heavy atom. The van der Waals surface area contributed by atoms with Gasteiger partial charge in [-0.15, -0.1) is 18.2 Å². The van der Waals surface area contributed by atoms with Crippen LogP contribution in [-0.4, -0.2) is 90.2 Å². The molecule has 2 N–H and O–H groups in total. The number of fused-ring (bicyclic) bond motifs is 2. The van der Waals surface area contributed by atoms with Gasteiger partial charge in [-0.2, -0.15) is 0 Å². The average Bonchev–Trinajstić information content (AvgIpc) is 3.31. The molecule has 2 aliphatic carbocycles. The van der Waals surface area contributed by atoms with Crippen molar-refractivity contribution in [2.24, 2.45) is 22.9 Å². The number of aliphatic hydroxyl groups excluding tert-OH is 2. The van der Waals surface area contributed by atoms with Gasteiger partial charge in [0, 0.05) is 49.6 Å². The van der Waals surface area contributed by atoms with Crippen molar-refractivity contribution in [2.45, 2.75) is 94.8 Å². The number of hydrogen-bond donors (Lipinski definition) is 2. The van der Waals surface area contributed by atoms with E-state index in [1.165, 1.54) is 12.1 Å². The molecule has 7 atom stereocenters. The first-order valence-electron chi connectivity index (χ1n) is 22.1. The van der Waals surface area contributed by atoms with Gasteiger partial charge in [0.15, 0.2) is 0 Å². The highest BCUT2D eigenvalue weighted by atomic mass is 35.5. The van der Waals surface area contributed by atoms with Gasteiger partial charge < -0.3 is 38.7 Å². The fraction of sp³-hybridized carbons (Fsp3) is 0.490. The van der Waals surface area contributed by atoms with Crippen LogP contribution in [0.3, 0.4) is 0 Å². The summed E-state index contributed by atoms with van der Waals surface area (Å²) in [6, 6.07) is 17.6. The van der Waals surface area contributed by atoms with Gasteiger partial charge in [-0.3, -0.25) is 9.69 Å². The van der Waals surface area contributed by atoms with Crippen molar-refractivity contribution in [2.75, 3.05) is 38.9 Å². The van der Waals surface area contributed by atoms with E-state index in [0.29, 0.717) is 60.0 Å². The summed E-state index contributed by atoms with van der Waals surface area (Å²) in [5.41, 5.74) is 3.44. The number of carbonyl (C=O) groups is 2. The lowest BCUT2D eigenvalue weighted by Gasteiger charge is -2.59. The van der Waals surface area contributed by atoms with Gasteiger partial charge in [-0.05, 0) is 104 Å². The lowest BCUT2D eigenvalue weighted by molar-refractivity contribution is -0.256. The van der Waals surface area contributed by atoms with E-state index in [1.807, 2.05) is 12.1 Å². The van der Waals surface area contributed by atoms with Crippen molar-refractivity contribution >= 4 is 29.7 Å². The van der Waals surface area contributed by atoms with E-state index in [4.69, 9.17) is 45.3 Å². The zero-order valence-corrected chi connectivity index (χ0v) is 36.3. The Balaban J connectivity index is 1.45. The van der Waals surface area contributed by atoms with Crippen LogP contribution in [0.4, 0.5) is 9.18 Å². The molecule has 0 aromatic heterocycles. The number of oxime groups is 1. The number of unbranched alkanes of at least 4 members (excludes halogenated alkanes) is 2. The second-order valence-corrected chi connectivity index (χ2v) is 16.9. The number of aliphatic hydroxyl groups is 2. The van der Waals surface area contributed by atoms with Crippen LogP contribution in [0.15, 0.2) is 96.2 Å². The highest BCUT2D eigenvalue weighted by Crippen LogP contribution is 2.62. The van der Waals surface area contributed by atoms with E-state index in [-0.39, 0.29) is 63.0 Å². The molecule has 63 heavy (non-hydrogen) atoms. The molecule has 7 unspecified atom stereocenters. The highest BCUT2D eigenvalue weighted by Gasteiger charge is 2.65. The van der Waals surface area contributed by atoms with Crippen molar-refractivity contribution in [1.82, 2.24) is 4.90 Å². The number of benzene rings is 3.